The number of hydrogen-bond acceptors (Lipinski definition) is 5. The maximum absolute atomic E-state index is 13.3. The third-order valence-corrected chi connectivity index (χ3v) is 5.70. The van der Waals surface area contributed by atoms with Crippen LogP contribution in [0.1, 0.15) is 0 Å². The molecule has 0 saturated heterocycles. The van der Waals surface area contributed by atoms with Crippen molar-refractivity contribution in [1.82, 2.24) is 14.8 Å². The van der Waals surface area contributed by atoms with Crippen LogP contribution < -0.4 is 4.72 Å². The monoisotopic (exact) mass is 382 g/mol. The van der Waals surface area contributed by atoms with Gasteiger partial charge in [0.2, 0.25) is 0 Å². The number of benzene rings is 2. The molecule has 0 unspecified atom stereocenters. The van der Waals surface area contributed by atoms with Crippen molar-refractivity contribution in [3.8, 4) is 0 Å². The second kappa shape index (κ2) is 6.81. The van der Waals surface area contributed by atoms with Crippen LogP contribution in [0.4, 0.5) is 14.5 Å². The molecule has 1 heterocycles. The summed E-state index contributed by atoms with van der Waals surface area (Å²) in [7, 11) is -2.32. The molecule has 0 aliphatic heterocycles. The van der Waals surface area contributed by atoms with Gasteiger partial charge < -0.3 is 4.57 Å². The molecule has 1 N–H and O–H groups in total. The van der Waals surface area contributed by atoms with E-state index in [-0.39, 0.29) is 4.90 Å². The van der Waals surface area contributed by atoms with Crippen molar-refractivity contribution in [1.29, 1.82) is 0 Å². The number of hydrogen-bond donors (Lipinski definition) is 1. The molecule has 2 aromatic carbocycles. The number of anilines is 1. The molecular weight excluding hydrogens is 370 g/mol. The van der Waals surface area contributed by atoms with E-state index in [1.165, 1.54) is 18.1 Å². The van der Waals surface area contributed by atoms with Crippen molar-refractivity contribution < 1.29 is 17.2 Å². The predicted octanol–water partition coefficient (Wildman–Crippen LogP) is 3.05. The Kier molecular flexibility index (Phi) is 4.73. The summed E-state index contributed by atoms with van der Waals surface area (Å²) in [6, 6.07) is 9.08. The van der Waals surface area contributed by atoms with Crippen molar-refractivity contribution in [2.45, 2.75) is 14.9 Å². The van der Waals surface area contributed by atoms with Gasteiger partial charge in [0, 0.05) is 11.9 Å². The molecular formula is C15H12F2N4O2S2. The third kappa shape index (κ3) is 3.80. The first-order valence-corrected chi connectivity index (χ1v) is 9.25. The van der Waals surface area contributed by atoms with Gasteiger partial charge in [-0.3, -0.25) is 4.72 Å². The van der Waals surface area contributed by atoms with Crippen molar-refractivity contribution in [2.24, 2.45) is 7.05 Å². The molecule has 0 amide bonds. The zero-order valence-electron chi connectivity index (χ0n) is 12.8. The van der Waals surface area contributed by atoms with E-state index < -0.39 is 21.7 Å². The van der Waals surface area contributed by atoms with Crippen molar-refractivity contribution in [3.05, 3.63) is 60.4 Å². The maximum atomic E-state index is 13.3. The number of nitrogens with zero attached hydrogens (tertiary/aromatic N) is 3. The van der Waals surface area contributed by atoms with E-state index in [1.807, 2.05) is 0 Å². The van der Waals surface area contributed by atoms with Crippen LogP contribution >= 0.6 is 11.8 Å². The number of halogens is 2. The quantitative estimate of drug-likeness (QED) is 0.734. The summed E-state index contributed by atoms with van der Waals surface area (Å²) in [4.78, 5) is 0.217. The van der Waals surface area contributed by atoms with Crippen LogP contribution in [0.25, 0.3) is 0 Å². The minimum absolute atomic E-state index is 0.292. The molecule has 6 nitrogen and oxygen atoms in total. The Morgan fingerprint density at radius 2 is 1.88 bits per heavy atom. The Labute approximate surface area is 147 Å². The van der Waals surface area contributed by atoms with Gasteiger partial charge in [0.25, 0.3) is 10.0 Å². The first kappa shape index (κ1) is 17.4. The van der Waals surface area contributed by atoms with Gasteiger partial charge in [0.15, 0.2) is 16.8 Å². The Bertz CT molecular complexity index is 1020. The zero-order valence-corrected chi connectivity index (χ0v) is 14.5. The van der Waals surface area contributed by atoms with Gasteiger partial charge in [-0.05, 0) is 42.1 Å². The number of para-hydroxylation sites is 1. The summed E-state index contributed by atoms with van der Waals surface area (Å²) in [5, 5.41) is 8.27. The van der Waals surface area contributed by atoms with Crippen LogP contribution in [-0.4, -0.2) is 23.2 Å². The largest absolute Gasteiger partial charge is 0.311 e. The van der Waals surface area contributed by atoms with Gasteiger partial charge in [-0.25, -0.2) is 17.2 Å². The summed E-state index contributed by atoms with van der Waals surface area (Å²) in [5.74, 6) is -2.35. The van der Waals surface area contributed by atoms with Gasteiger partial charge >= 0.3 is 0 Å². The van der Waals surface area contributed by atoms with E-state index >= 15 is 0 Å². The lowest BCUT2D eigenvalue weighted by Gasteiger charge is -2.12. The standard InChI is InChI=1S/C15H12F2N4O2S2/c1-21-9-18-19-15(21)24-14-5-3-2-4-13(14)20-25(22,23)10-6-7-11(16)12(17)8-10/h2-9,20H,1H3. The summed E-state index contributed by atoms with van der Waals surface area (Å²) in [6.45, 7) is 0. The highest BCUT2D eigenvalue weighted by Gasteiger charge is 2.19. The van der Waals surface area contributed by atoms with Gasteiger partial charge in [-0.2, -0.15) is 0 Å². The van der Waals surface area contributed by atoms with E-state index in [1.54, 1.807) is 35.9 Å². The lowest BCUT2D eigenvalue weighted by Crippen LogP contribution is -2.14. The second-order valence-electron chi connectivity index (χ2n) is 5.00. The first-order valence-electron chi connectivity index (χ1n) is 6.95. The smallest absolute Gasteiger partial charge is 0.262 e. The second-order valence-corrected chi connectivity index (χ2v) is 7.70. The highest BCUT2D eigenvalue weighted by molar-refractivity contribution is 7.99. The molecule has 0 fully saturated rings. The lowest BCUT2D eigenvalue weighted by molar-refractivity contribution is 0.504. The number of nitrogens with one attached hydrogen (secondary N) is 1. The molecule has 130 valence electrons. The van der Waals surface area contributed by atoms with E-state index in [2.05, 4.69) is 14.9 Å². The molecule has 0 bridgehead atoms. The maximum Gasteiger partial charge on any atom is 0.262 e. The van der Waals surface area contributed by atoms with E-state index in [0.29, 0.717) is 21.8 Å². The van der Waals surface area contributed by atoms with Crippen molar-refractivity contribution in [2.75, 3.05) is 4.72 Å². The fraction of sp³-hybridized carbons (Fsp3) is 0.0667. The molecule has 25 heavy (non-hydrogen) atoms. The molecule has 3 aromatic rings. The minimum Gasteiger partial charge on any atom is -0.311 e. The summed E-state index contributed by atoms with van der Waals surface area (Å²) < 4.78 is 55.3. The Hall–Kier alpha value is -2.46. The van der Waals surface area contributed by atoms with Crippen LogP contribution in [0.3, 0.4) is 0 Å². The van der Waals surface area contributed by atoms with Crippen LogP contribution in [0.5, 0.6) is 0 Å². The Morgan fingerprint density at radius 3 is 2.56 bits per heavy atom. The van der Waals surface area contributed by atoms with Gasteiger partial charge in [0.05, 0.1) is 10.6 Å². The topological polar surface area (TPSA) is 76.9 Å². The van der Waals surface area contributed by atoms with Crippen molar-refractivity contribution >= 4 is 27.5 Å². The van der Waals surface area contributed by atoms with E-state index in [0.717, 1.165) is 12.1 Å². The Morgan fingerprint density at radius 1 is 1.12 bits per heavy atom. The number of sulfonamides is 1. The zero-order chi connectivity index (χ0) is 18.0. The average molecular weight is 382 g/mol. The first-order chi connectivity index (χ1) is 11.9. The SMILES string of the molecule is Cn1cnnc1Sc1ccccc1NS(=O)(=O)c1ccc(F)c(F)c1. The van der Waals surface area contributed by atoms with Crippen LogP contribution in [0.2, 0.25) is 0 Å². The fourth-order valence-electron chi connectivity index (χ4n) is 1.95. The molecule has 0 spiro atoms. The summed E-state index contributed by atoms with van der Waals surface area (Å²) in [5.41, 5.74) is 0.292. The lowest BCUT2D eigenvalue weighted by atomic mass is 10.3. The predicted molar refractivity (Wildman–Crippen MR) is 88.7 cm³/mol. The van der Waals surface area contributed by atoms with E-state index in [4.69, 9.17) is 0 Å². The number of aromatic nitrogens is 3. The normalized spacial score (nSPS) is 11.5. The molecule has 3 rings (SSSR count). The molecule has 0 aliphatic carbocycles. The number of rotatable bonds is 5. The molecule has 1 aromatic heterocycles. The average Bonchev–Trinajstić information content (AvgIpc) is 2.96. The van der Waals surface area contributed by atoms with Crippen molar-refractivity contribution in [3.63, 3.8) is 0 Å². The molecule has 0 atom stereocenters. The van der Waals surface area contributed by atoms with Crippen LogP contribution in [0, 0.1) is 11.6 Å². The third-order valence-electron chi connectivity index (χ3n) is 3.20. The number of aryl methyl sites for hydroxylation is 1. The molecule has 0 saturated carbocycles. The highest BCUT2D eigenvalue weighted by atomic mass is 32.2. The van der Waals surface area contributed by atoms with E-state index in [9.17, 15) is 17.2 Å². The van der Waals surface area contributed by atoms with Crippen LogP contribution in [-0.2, 0) is 17.1 Å². The van der Waals surface area contributed by atoms with Gasteiger partial charge in [0.1, 0.15) is 6.33 Å². The fourth-order valence-corrected chi connectivity index (χ4v) is 3.96. The highest BCUT2D eigenvalue weighted by Crippen LogP contribution is 2.33. The van der Waals surface area contributed by atoms with Gasteiger partial charge in [-0.1, -0.05) is 12.1 Å². The summed E-state index contributed by atoms with van der Waals surface area (Å²) >= 11 is 1.22. The molecule has 0 radical (unpaired) electrons. The molecule has 10 heteroatoms. The van der Waals surface area contributed by atoms with Gasteiger partial charge in [-0.15, -0.1) is 10.2 Å². The molecule has 0 aliphatic rings. The van der Waals surface area contributed by atoms with Crippen LogP contribution in [0.15, 0.2) is 63.7 Å². The minimum atomic E-state index is -4.08. The Balaban J connectivity index is 1.92. The summed E-state index contributed by atoms with van der Waals surface area (Å²) in [6.07, 6.45) is 1.52.